The first-order chi connectivity index (χ1) is 8.45. The largest absolute Gasteiger partial charge is 0.352 e. The lowest BCUT2D eigenvalue weighted by molar-refractivity contribution is -0.385. The van der Waals surface area contributed by atoms with E-state index < -0.39 is 10.8 Å². The number of hydrazine groups is 1. The standard InChI is InChI=1S/C11H16N4O3/c1-7(2)6-13-11(16)9-5-8(14-12)3-4-10(9)15(17)18/h3-5,7,14H,6,12H2,1-2H3,(H,13,16). The lowest BCUT2D eigenvalue weighted by atomic mass is 10.1. The smallest absolute Gasteiger partial charge is 0.282 e. The van der Waals surface area contributed by atoms with Crippen LogP contribution in [0.3, 0.4) is 0 Å². The first-order valence-electron chi connectivity index (χ1n) is 5.49. The van der Waals surface area contributed by atoms with Gasteiger partial charge in [-0.2, -0.15) is 0 Å². The zero-order valence-electron chi connectivity index (χ0n) is 10.3. The minimum atomic E-state index is -0.593. The lowest BCUT2D eigenvalue weighted by Crippen LogP contribution is -2.28. The van der Waals surface area contributed by atoms with Crippen molar-refractivity contribution in [3.8, 4) is 0 Å². The number of nitro groups is 1. The Kier molecular flexibility index (Phi) is 4.61. The molecule has 1 rings (SSSR count). The fourth-order valence-corrected chi connectivity index (χ4v) is 1.36. The minimum Gasteiger partial charge on any atom is -0.352 e. The van der Waals surface area contributed by atoms with E-state index in [-0.39, 0.29) is 17.2 Å². The summed E-state index contributed by atoms with van der Waals surface area (Å²) in [6.45, 7) is 4.33. The maximum Gasteiger partial charge on any atom is 0.282 e. The maximum absolute atomic E-state index is 11.9. The molecule has 98 valence electrons. The molecular weight excluding hydrogens is 236 g/mol. The van der Waals surface area contributed by atoms with Gasteiger partial charge in [-0.3, -0.25) is 20.8 Å². The number of carbonyl (C=O) groups excluding carboxylic acids is 1. The van der Waals surface area contributed by atoms with Crippen molar-refractivity contribution >= 4 is 17.3 Å². The van der Waals surface area contributed by atoms with E-state index in [0.29, 0.717) is 12.2 Å². The molecule has 0 unspecified atom stereocenters. The number of carbonyl (C=O) groups is 1. The zero-order chi connectivity index (χ0) is 13.7. The second kappa shape index (κ2) is 5.97. The van der Waals surface area contributed by atoms with Crippen molar-refractivity contribution in [2.75, 3.05) is 12.0 Å². The summed E-state index contributed by atoms with van der Waals surface area (Å²) in [6.07, 6.45) is 0. The first-order valence-corrected chi connectivity index (χ1v) is 5.49. The molecule has 1 aromatic rings. The van der Waals surface area contributed by atoms with Crippen LogP contribution in [0.2, 0.25) is 0 Å². The van der Waals surface area contributed by atoms with Crippen molar-refractivity contribution in [3.05, 3.63) is 33.9 Å². The Morgan fingerprint density at radius 1 is 1.50 bits per heavy atom. The molecule has 0 heterocycles. The van der Waals surface area contributed by atoms with Gasteiger partial charge in [-0.05, 0) is 18.1 Å². The number of benzene rings is 1. The third-order valence-electron chi connectivity index (χ3n) is 2.28. The number of hydrogen-bond acceptors (Lipinski definition) is 5. The molecule has 0 atom stereocenters. The Bertz CT molecular complexity index is 460. The Balaban J connectivity index is 3.03. The third-order valence-corrected chi connectivity index (χ3v) is 2.28. The Morgan fingerprint density at radius 3 is 2.67 bits per heavy atom. The number of rotatable bonds is 5. The van der Waals surface area contributed by atoms with Gasteiger partial charge in [0.1, 0.15) is 5.56 Å². The van der Waals surface area contributed by atoms with E-state index in [2.05, 4.69) is 10.7 Å². The van der Waals surface area contributed by atoms with E-state index >= 15 is 0 Å². The average molecular weight is 252 g/mol. The molecule has 7 heteroatoms. The molecule has 1 aromatic carbocycles. The predicted octanol–water partition coefficient (Wildman–Crippen LogP) is 1.27. The topological polar surface area (TPSA) is 110 Å². The fourth-order valence-electron chi connectivity index (χ4n) is 1.36. The Morgan fingerprint density at radius 2 is 2.17 bits per heavy atom. The molecule has 18 heavy (non-hydrogen) atoms. The average Bonchev–Trinajstić information content (AvgIpc) is 2.34. The maximum atomic E-state index is 11.9. The van der Waals surface area contributed by atoms with Crippen molar-refractivity contribution in [1.29, 1.82) is 0 Å². The molecule has 0 saturated carbocycles. The number of nitrogen functional groups attached to an aromatic ring is 1. The molecule has 0 bridgehead atoms. The minimum absolute atomic E-state index is 0.00361. The van der Waals surface area contributed by atoms with Crippen LogP contribution in [0.1, 0.15) is 24.2 Å². The van der Waals surface area contributed by atoms with Crippen LogP contribution in [0, 0.1) is 16.0 Å². The molecule has 0 fully saturated rings. The summed E-state index contributed by atoms with van der Waals surface area (Å²) in [5, 5.41) is 13.5. The van der Waals surface area contributed by atoms with Crippen LogP contribution < -0.4 is 16.6 Å². The summed E-state index contributed by atoms with van der Waals surface area (Å²) in [4.78, 5) is 22.1. The molecule has 1 amide bonds. The van der Waals surface area contributed by atoms with Gasteiger partial charge in [-0.25, -0.2) is 0 Å². The molecule has 0 radical (unpaired) electrons. The zero-order valence-corrected chi connectivity index (χ0v) is 10.3. The van der Waals surface area contributed by atoms with E-state index in [1.165, 1.54) is 18.2 Å². The Hall–Kier alpha value is -2.15. The number of nitrogens with one attached hydrogen (secondary N) is 2. The first kappa shape index (κ1) is 13.9. The highest BCUT2D eigenvalue weighted by Gasteiger charge is 2.20. The molecule has 4 N–H and O–H groups in total. The summed E-state index contributed by atoms with van der Waals surface area (Å²) >= 11 is 0. The van der Waals surface area contributed by atoms with Gasteiger partial charge in [0.2, 0.25) is 0 Å². The van der Waals surface area contributed by atoms with E-state index in [4.69, 9.17) is 5.84 Å². The highest BCUT2D eigenvalue weighted by atomic mass is 16.6. The molecule has 0 aliphatic heterocycles. The van der Waals surface area contributed by atoms with Crippen LogP contribution in [-0.2, 0) is 0 Å². The van der Waals surface area contributed by atoms with Crippen LogP contribution in [0.15, 0.2) is 18.2 Å². The van der Waals surface area contributed by atoms with Gasteiger partial charge in [-0.15, -0.1) is 0 Å². The number of anilines is 1. The Labute approximate surface area is 104 Å². The SMILES string of the molecule is CC(C)CNC(=O)c1cc(NN)ccc1[N+](=O)[O-]. The third kappa shape index (κ3) is 3.42. The normalized spacial score (nSPS) is 10.2. The molecule has 0 aliphatic carbocycles. The van der Waals surface area contributed by atoms with E-state index in [0.717, 1.165) is 0 Å². The van der Waals surface area contributed by atoms with Gasteiger partial charge in [0, 0.05) is 18.3 Å². The second-order valence-electron chi connectivity index (χ2n) is 4.24. The van der Waals surface area contributed by atoms with Gasteiger partial charge in [-0.1, -0.05) is 13.8 Å². The molecule has 0 saturated heterocycles. The van der Waals surface area contributed by atoms with Gasteiger partial charge < -0.3 is 10.7 Å². The van der Waals surface area contributed by atoms with Crippen molar-refractivity contribution in [2.45, 2.75) is 13.8 Å². The number of nitro benzene ring substituents is 1. The summed E-state index contributed by atoms with van der Waals surface area (Å²) in [6, 6.07) is 4.05. The van der Waals surface area contributed by atoms with Crippen LogP contribution in [0.5, 0.6) is 0 Å². The van der Waals surface area contributed by atoms with Gasteiger partial charge in [0.05, 0.1) is 4.92 Å². The molecular formula is C11H16N4O3. The summed E-state index contributed by atoms with van der Waals surface area (Å²) in [5.74, 6) is 5.00. The quantitative estimate of drug-likeness (QED) is 0.415. The van der Waals surface area contributed by atoms with E-state index in [1.54, 1.807) is 0 Å². The van der Waals surface area contributed by atoms with E-state index in [9.17, 15) is 14.9 Å². The highest BCUT2D eigenvalue weighted by molar-refractivity contribution is 5.99. The summed E-state index contributed by atoms with van der Waals surface area (Å²) < 4.78 is 0. The van der Waals surface area contributed by atoms with Crippen LogP contribution >= 0.6 is 0 Å². The van der Waals surface area contributed by atoms with Gasteiger partial charge >= 0.3 is 0 Å². The fraction of sp³-hybridized carbons (Fsp3) is 0.364. The van der Waals surface area contributed by atoms with Crippen molar-refractivity contribution in [1.82, 2.24) is 5.32 Å². The van der Waals surface area contributed by atoms with Crippen molar-refractivity contribution in [3.63, 3.8) is 0 Å². The van der Waals surface area contributed by atoms with Crippen molar-refractivity contribution < 1.29 is 9.72 Å². The monoisotopic (exact) mass is 252 g/mol. The summed E-state index contributed by atoms with van der Waals surface area (Å²) in [7, 11) is 0. The van der Waals surface area contributed by atoms with Crippen molar-refractivity contribution in [2.24, 2.45) is 11.8 Å². The van der Waals surface area contributed by atoms with Crippen LogP contribution in [0.4, 0.5) is 11.4 Å². The van der Waals surface area contributed by atoms with E-state index in [1.807, 2.05) is 13.8 Å². The predicted molar refractivity (Wildman–Crippen MR) is 68.1 cm³/mol. The number of nitrogens with zero attached hydrogens (tertiary/aromatic N) is 1. The molecule has 0 aliphatic rings. The highest BCUT2D eigenvalue weighted by Crippen LogP contribution is 2.22. The molecule has 0 aromatic heterocycles. The molecule has 7 nitrogen and oxygen atoms in total. The molecule has 0 spiro atoms. The van der Waals surface area contributed by atoms with Crippen LogP contribution in [0.25, 0.3) is 0 Å². The number of hydrogen-bond donors (Lipinski definition) is 3. The number of amides is 1. The van der Waals surface area contributed by atoms with Gasteiger partial charge in [0.25, 0.3) is 11.6 Å². The number of nitrogens with two attached hydrogens (primary N) is 1. The van der Waals surface area contributed by atoms with Gasteiger partial charge in [0.15, 0.2) is 0 Å². The second-order valence-corrected chi connectivity index (χ2v) is 4.24. The van der Waals surface area contributed by atoms with Crippen LogP contribution in [-0.4, -0.2) is 17.4 Å². The summed E-state index contributed by atoms with van der Waals surface area (Å²) in [5.41, 5.74) is 2.55. The lowest BCUT2D eigenvalue weighted by Gasteiger charge is -2.09.